The molecular formula is C20H19ClN2O2. The van der Waals surface area contributed by atoms with Gasteiger partial charge in [-0.1, -0.05) is 48.9 Å². The molecule has 0 radical (unpaired) electrons. The Morgan fingerprint density at radius 1 is 1.28 bits per heavy atom. The van der Waals surface area contributed by atoms with Crippen molar-refractivity contribution in [1.29, 1.82) is 0 Å². The highest BCUT2D eigenvalue weighted by Gasteiger charge is 2.38. The Labute approximate surface area is 151 Å². The molecule has 2 aromatic rings. The van der Waals surface area contributed by atoms with Crippen LogP contribution in [0.4, 0.5) is 11.4 Å². The Kier molecular flexibility index (Phi) is 4.00. The minimum Gasteiger partial charge on any atom is -0.378 e. The van der Waals surface area contributed by atoms with Crippen molar-refractivity contribution in [2.75, 3.05) is 5.32 Å². The summed E-state index contributed by atoms with van der Waals surface area (Å²) in [5.74, 6) is 0.711. The fourth-order valence-electron chi connectivity index (χ4n) is 4.06. The SMILES string of the molecule is CCc1ccc2c(c1)[C@@H]1C=CC[C@H]1[C@@H](c1ccc(Cl)c([N+](=O)[O-])c1)N2. The van der Waals surface area contributed by atoms with Gasteiger partial charge < -0.3 is 5.32 Å². The molecule has 0 saturated carbocycles. The first-order valence-corrected chi connectivity index (χ1v) is 8.96. The molecule has 3 atom stereocenters. The van der Waals surface area contributed by atoms with E-state index in [0.717, 1.165) is 24.1 Å². The third kappa shape index (κ3) is 2.71. The number of nitro benzene ring substituents is 1. The fourth-order valence-corrected chi connectivity index (χ4v) is 4.24. The number of nitrogens with one attached hydrogen (secondary N) is 1. The third-order valence-corrected chi connectivity index (χ3v) is 5.68. The number of aryl methyl sites for hydroxylation is 1. The molecule has 1 heterocycles. The molecule has 0 spiro atoms. The molecule has 1 N–H and O–H groups in total. The maximum absolute atomic E-state index is 11.2. The Balaban J connectivity index is 1.77. The third-order valence-electron chi connectivity index (χ3n) is 5.36. The molecule has 0 unspecified atom stereocenters. The Hall–Kier alpha value is -2.33. The van der Waals surface area contributed by atoms with E-state index in [4.69, 9.17) is 11.6 Å². The number of halogens is 1. The van der Waals surface area contributed by atoms with Crippen LogP contribution in [-0.2, 0) is 6.42 Å². The number of rotatable bonds is 3. The highest BCUT2D eigenvalue weighted by atomic mass is 35.5. The summed E-state index contributed by atoms with van der Waals surface area (Å²) < 4.78 is 0. The van der Waals surface area contributed by atoms with Crippen molar-refractivity contribution in [1.82, 2.24) is 0 Å². The first kappa shape index (κ1) is 16.2. The van der Waals surface area contributed by atoms with Gasteiger partial charge in [0.2, 0.25) is 0 Å². The van der Waals surface area contributed by atoms with Gasteiger partial charge in [-0.05, 0) is 47.6 Å². The molecule has 4 nitrogen and oxygen atoms in total. The summed E-state index contributed by atoms with van der Waals surface area (Å²) in [4.78, 5) is 10.8. The van der Waals surface area contributed by atoms with E-state index in [1.807, 2.05) is 6.07 Å². The minimum absolute atomic E-state index is 0.0319. The molecule has 1 aliphatic carbocycles. The number of allylic oxidation sites excluding steroid dienone is 2. The van der Waals surface area contributed by atoms with Gasteiger partial charge in [0.1, 0.15) is 5.02 Å². The van der Waals surface area contributed by atoms with Crippen molar-refractivity contribution in [2.24, 2.45) is 5.92 Å². The first-order valence-electron chi connectivity index (χ1n) is 8.58. The van der Waals surface area contributed by atoms with Crippen molar-refractivity contribution >= 4 is 23.0 Å². The smallest absolute Gasteiger partial charge is 0.288 e. The van der Waals surface area contributed by atoms with E-state index >= 15 is 0 Å². The number of benzene rings is 2. The van der Waals surface area contributed by atoms with E-state index < -0.39 is 4.92 Å². The van der Waals surface area contributed by atoms with Crippen LogP contribution < -0.4 is 5.32 Å². The molecule has 5 heteroatoms. The molecule has 0 aromatic heterocycles. The van der Waals surface area contributed by atoms with Crippen molar-refractivity contribution in [3.05, 3.63) is 80.4 Å². The largest absolute Gasteiger partial charge is 0.378 e. The highest BCUT2D eigenvalue weighted by molar-refractivity contribution is 6.32. The lowest BCUT2D eigenvalue weighted by molar-refractivity contribution is -0.384. The van der Waals surface area contributed by atoms with E-state index in [-0.39, 0.29) is 16.8 Å². The van der Waals surface area contributed by atoms with Crippen LogP contribution >= 0.6 is 11.6 Å². The second-order valence-electron chi connectivity index (χ2n) is 6.72. The zero-order valence-corrected chi connectivity index (χ0v) is 14.7. The number of anilines is 1. The van der Waals surface area contributed by atoms with Crippen LogP contribution in [0.2, 0.25) is 5.02 Å². The van der Waals surface area contributed by atoms with Gasteiger partial charge in [0.05, 0.1) is 11.0 Å². The van der Waals surface area contributed by atoms with Gasteiger partial charge in [0.25, 0.3) is 5.69 Å². The van der Waals surface area contributed by atoms with Crippen molar-refractivity contribution in [3.63, 3.8) is 0 Å². The zero-order valence-electron chi connectivity index (χ0n) is 13.9. The highest BCUT2D eigenvalue weighted by Crippen LogP contribution is 2.50. The van der Waals surface area contributed by atoms with E-state index in [0.29, 0.717) is 11.8 Å². The van der Waals surface area contributed by atoms with E-state index in [9.17, 15) is 10.1 Å². The summed E-state index contributed by atoms with van der Waals surface area (Å²) in [7, 11) is 0. The van der Waals surface area contributed by atoms with Crippen molar-refractivity contribution in [3.8, 4) is 0 Å². The second-order valence-corrected chi connectivity index (χ2v) is 7.13. The number of hydrogen-bond donors (Lipinski definition) is 1. The lowest BCUT2D eigenvalue weighted by atomic mass is 9.76. The average Bonchev–Trinajstić information content (AvgIpc) is 3.11. The predicted octanol–water partition coefficient (Wildman–Crippen LogP) is 5.64. The molecule has 128 valence electrons. The minimum atomic E-state index is -0.416. The number of nitro groups is 1. The van der Waals surface area contributed by atoms with Crippen molar-refractivity contribution < 1.29 is 4.92 Å². The Bertz CT molecular complexity index is 878. The van der Waals surface area contributed by atoms with Gasteiger partial charge in [-0.3, -0.25) is 10.1 Å². The average molecular weight is 355 g/mol. The van der Waals surface area contributed by atoms with Crippen LogP contribution in [0.5, 0.6) is 0 Å². The summed E-state index contributed by atoms with van der Waals surface area (Å²) in [6.45, 7) is 2.16. The van der Waals surface area contributed by atoms with Crippen LogP contribution in [0.1, 0.15) is 42.0 Å². The van der Waals surface area contributed by atoms with E-state index in [2.05, 4.69) is 42.6 Å². The van der Waals surface area contributed by atoms with Gasteiger partial charge in [0, 0.05) is 17.7 Å². The van der Waals surface area contributed by atoms with Gasteiger partial charge in [-0.15, -0.1) is 0 Å². The molecule has 25 heavy (non-hydrogen) atoms. The summed E-state index contributed by atoms with van der Waals surface area (Å²) in [5.41, 5.74) is 4.67. The molecule has 4 rings (SSSR count). The summed E-state index contributed by atoms with van der Waals surface area (Å²) >= 11 is 5.98. The Morgan fingerprint density at radius 3 is 2.88 bits per heavy atom. The summed E-state index contributed by atoms with van der Waals surface area (Å²) in [6.07, 6.45) is 6.49. The molecule has 1 aliphatic heterocycles. The fraction of sp³-hybridized carbons (Fsp3) is 0.300. The van der Waals surface area contributed by atoms with Gasteiger partial charge in [-0.2, -0.15) is 0 Å². The molecular weight excluding hydrogens is 336 g/mol. The monoisotopic (exact) mass is 354 g/mol. The van der Waals surface area contributed by atoms with Gasteiger partial charge in [0.15, 0.2) is 0 Å². The van der Waals surface area contributed by atoms with Gasteiger partial charge in [-0.25, -0.2) is 0 Å². The number of nitrogens with zero attached hydrogens (tertiary/aromatic N) is 1. The van der Waals surface area contributed by atoms with Crippen LogP contribution in [0.25, 0.3) is 0 Å². The normalized spacial score (nSPS) is 23.7. The van der Waals surface area contributed by atoms with E-state index in [1.165, 1.54) is 11.1 Å². The van der Waals surface area contributed by atoms with Crippen molar-refractivity contribution in [2.45, 2.75) is 31.7 Å². The zero-order chi connectivity index (χ0) is 17.6. The maximum atomic E-state index is 11.2. The second kappa shape index (κ2) is 6.19. The number of fused-ring (bicyclic) bond motifs is 3. The van der Waals surface area contributed by atoms with Crippen LogP contribution in [0, 0.1) is 16.0 Å². The van der Waals surface area contributed by atoms with Crippen LogP contribution in [0.3, 0.4) is 0 Å². The molecule has 0 amide bonds. The lowest BCUT2D eigenvalue weighted by Crippen LogP contribution is -2.29. The summed E-state index contributed by atoms with van der Waals surface area (Å²) in [6, 6.07) is 11.7. The standard InChI is InChI=1S/C20H19ClN2O2/c1-2-12-6-9-18-16(10-12)14-4-3-5-15(14)20(22-18)13-7-8-17(21)19(11-13)23(24)25/h3-4,6-11,14-15,20,22H,2,5H2,1H3/t14-,15-,20-/m1/s1. The first-order chi connectivity index (χ1) is 12.1. The topological polar surface area (TPSA) is 55.2 Å². The lowest BCUT2D eigenvalue weighted by Gasteiger charge is -2.37. The molecule has 0 bridgehead atoms. The quantitative estimate of drug-likeness (QED) is 0.441. The molecule has 0 saturated heterocycles. The van der Waals surface area contributed by atoms with Crippen LogP contribution in [-0.4, -0.2) is 4.92 Å². The van der Waals surface area contributed by atoms with Gasteiger partial charge >= 0.3 is 0 Å². The number of hydrogen-bond acceptors (Lipinski definition) is 3. The maximum Gasteiger partial charge on any atom is 0.288 e. The molecule has 0 fully saturated rings. The predicted molar refractivity (Wildman–Crippen MR) is 100 cm³/mol. The Morgan fingerprint density at radius 2 is 2.12 bits per heavy atom. The van der Waals surface area contributed by atoms with E-state index in [1.54, 1.807) is 12.1 Å². The molecule has 2 aromatic carbocycles. The van der Waals surface area contributed by atoms with Crippen LogP contribution in [0.15, 0.2) is 48.6 Å². The summed E-state index contributed by atoms with van der Waals surface area (Å²) in [5, 5.41) is 15.0. The molecule has 2 aliphatic rings.